The van der Waals surface area contributed by atoms with Gasteiger partial charge in [0.25, 0.3) is 5.69 Å². The van der Waals surface area contributed by atoms with E-state index in [1.165, 1.54) is 31.2 Å². The van der Waals surface area contributed by atoms with E-state index in [1.807, 2.05) is 0 Å². The highest BCUT2D eigenvalue weighted by molar-refractivity contribution is 6.30. The third kappa shape index (κ3) is 3.68. The summed E-state index contributed by atoms with van der Waals surface area (Å²) in [6.07, 6.45) is -0.818. The number of benzene rings is 2. The van der Waals surface area contributed by atoms with Gasteiger partial charge in [-0.3, -0.25) is 10.1 Å². The highest BCUT2D eigenvalue weighted by Gasteiger charge is 2.16. The average molecular weight is 311 g/mol. The number of nitro benzene ring substituents is 1. The van der Waals surface area contributed by atoms with Gasteiger partial charge in [0, 0.05) is 16.8 Å². The van der Waals surface area contributed by atoms with Gasteiger partial charge in [-0.25, -0.2) is 4.39 Å². The molecule has 2 aromatic rings. The fraction of sp³-hybridized carbons (Fsp3) is 0.143. The number of anilines is 2. The molecule has 2 aromatic carbocycles. The minimum absolute atomic E-state index is 0.181. The summed E-state index contributed by atoms with van der Waals surface area (Å²) < 4.78 is 13.3. The maximum Gasteiger partial charge on any atom is 0.293 e. The number of halogens is 2. The quantitative estimate of drug-likeness (QED) is 0.656. The molecule has 1 unspecified atom stereocenters. The van der Waals surface area contributed by atoms with Crippen LogP contribution in [0.1, 0.15) is 18.6 Å². The zero-order valence-electron chi connectivity index (χ0n) is 11.0. The van der Waals surface area contributed by atoms with Crippen LogP contribution in [0.15, 0.2) is 36.4 Å². The van der Waals surface area contributed by atoms with Gasteiger partial charge in [-0.2, -0.15) is 0 Å². The van der Waals surface area contributed by atoms with Gasteiger partial charge < -0.3 is 10.4 Å². The van der Waals surface area contributed by atoms with Crippen LogP contribution in [0.25, 0.3) is 0 Å². The number of rotatable bonds is 4. The van der Waals surface area contributed by atoms with E-state index >= 15 is 0 Å². The Hall–Kier alpha value is -2.18. The summed E-state index contributed by atoms with van der Waals surface area (Å²) in [6, 6.07) is 8.06. The molecule has 21 heavy (non-hydrogen) atoms. The van der Waals surface area contributed by atoms with Gasteiger partial charge in [0.05, 0.1) is 11.0 Å². The van der Waals surface area contributed by atoms with E-state index in [9.17, 15) is 19.6 Å². The first-order valence-electron chi connectivity index (χ1n) is 6.06. The molecular formula is C14H12ClFN2O3. The maximum atomic E-state index is 13.3. The lowest BCUT2D eigenvalue weighted by Crippen LogP contribution is -2.00. The summed E-state index contributed by atoms with van der Waals surface area (Å²) in [6.45, 7) is 1.51. The standard InChI is InChI=1S/C14H12ClFN2O3/c1-8(19)9-2-3-13(14(4-9)18(20)21)17-12-6-10(15)5-11(16)7-12/h2-8,17,19H,1H3. The lowest BCUT2D eigenvalue weighted by Gasteiger charge is -2.10. The van der Waals surface area contributed by atoms with Crippen molar-refractivity contribution in [3.8, 4) is 0 Å². The van der Waals surface area contributed by atoms with Crippen LogP contribution >= 0.6 is 11.6 Å². The number of aliphatic hydroxyl groups is 1. The first kappa shape index (κ1) is 15.2. The zero-order chi connectivity index (χ0) is 15.6. The van der Waals surface area contributed by atoms with E-state index in [2.05, 4.69) is 5.32 Å². The van der Waals surface area contributed by atoms with Crippen molar-refractivity contribution in [1.29, 1.82) is 0 Å². The molecule has 5 nitrogen and oxygen atoms in total. The van der Waals surface area contributed by atoms with Crippen LogP contribution in [-0.2, 0) is 0 Å². The highest BCUT2D eigenvalue weighted by atomic mass is 35.5. The molecule has 0 radical (unpaired) electrons. The zero-order valence-corrected chi connectivity index (χ0v) is 11.8. The molecule has 0 amide bonds. The van der Waals surface area contributed by atoms with Gasteiger partial charge in [0.1, 0.15) is 11.5 Å². The Morgan fingerprint density at radius 3 is 2.62 bits per heavy atom. The molecule has 0 fully saturated rings. The Morgan fingerprint density at radius 1 is 1.33 bits per heavy atom. The van der Waals surface area contributed by atoms with Crippen LogP contribution < -0.4 is 5.32 Å². The monoisotopic (exact) mass is 310 g/mol. The van der Waals surface area contributed by atoms with E-state index in [-0.39, 0.29) is 16.4 Å². The molecule has 0 spiro atoms. The van der Waals surface area contributed by atoms with Gasteiger partial charge in [-0.15, -0.1) is 0 Å². The second-order valence-corrected chi connectivity index (χ2v) is 4.93. The molecule has 110 valence electrons. The third-order valence-electron chi connectivity index (χ3n) is 2.84. The van der Waals surface area contributed by atoms with Crippen LogP contribution in [0.5, 0.6) is 0 Å². The molecule has 0 heterocycles. The molecule has 0 aromatic heterocycles. The Kier molecular flexibility index (Phi) is 4.40. The Balaban J connectivity index is 2.41. The number of hydrogen-bond donors (Lipinski definition) is 2. The van der Waals surface area contributed by atoms with Crippen molar-refractivity contribution in [2.45, 2.75) is 13.0 Å². The van der Waals surface area contributed by atoms with Crippen LogP contribution in [0.4, 0.5) is 21.5 Å². The van der Waals surface area contributed by atoms with Crippen molar-refractivity contribution >= 4 is 28.7 Å². The van der Waals surface area contributed by atoms with Gasteiger partial charge in [0.2, 0.25) is 0 Å². The number of hydrogen-bond acceptors (Lipinski definition) is 4. The second kappa shape index (κ2) is 6.07. The van der Waals surface area contributed by atoms with Gasteiger partial charge in [0.15, 0.2) is 0 Å². The topological polar surface area (TPSA) is 75.4 Å². The lowest BCUT2D eigenvalue weighted by molar-refractivity contribution is -0.384. The van der Waals surface area contributed by atoms with E-state index in [1.54, 1.807) is 6.07 Å². The normalized spacial score (nSPS) is 12.0. The fourth-order valence-electron chi connectivity index (χ4n) is 1.85. The Labute approximate surface area is 125 Å². The minimum Gasteiger partial charge on any atom is -0.389 e. The SMILES string of the molecule is CC(O)c1ccc(Nc2cc(F)cc(Cl)c2)c([N+](=O)[O-])c1. The summed E-state index contributed by atoms with van der Waals surface area (Å²) in [4.78, 5) is 10.5. The van der Waals surface area contributed by atoms with Crippen LogP contribution in [-0.4, -0.2) is 10.0 Å². The number of nitro groups is 1. The second-order valence-electron chi connectivity index (χ2n) is 4.49. The molecular weight excluding hydrogens is 299 g/mol. The highest BCUT2D eigenvalue weighted by Crippen LogP contribution is 2.31. The Morgan fingerprint density at radius 2 is 2.05 bits per heavy atom. The van der Waals surface area contributed by atoms with Crippen molar-refractivity contribution in [3.05, 3.63) is 62.9 Å². The molecule has 2 N–H and O–H groups in total. The van der Waals surface area contributed by atoms with E-state index in [0.29, 0.717) is 11.3 Å². The summed E-state index contributed by atoms with van der Waals surface area (Å²) in [5.41, 5.74) is 0.692. The molecule has 0 aliphatic rings. The molecule has 2 rings (SSSR count). The van der Waals surface area contributed by atoms with Crippen molar-refractivity contribution < 1.29 is 14.4 Å². The first-order valence-corrected chi connectivity index (χ1v) is 6.44. The number of aliphatic hydroxyl groups excluding tert-OH is 1. The van der Waals surface area contributed by atoms with Crippen molar-refractivity contribution in [2.24, 2.45) is 0 Å². The molecule has 0 bridgehead atoms. The molecule has 7 heteroatoms. The van der Waals surface area contributed by atoms with Crippen molar-refractivity contribution in [2.75, 3.05) is 5.32 Å². The van der Waals surface area contributed by atoms with Gasteiger partial charge in [-0.05, 0) is 36.8 Å². The van der Waals surface area contributed by atoms with Crippen molar-refractivity contribution in [3.63, 3.8) is 0 Å². The molecule has 1 atom stereocenters. The van der Waals surface area contributed by atoms with Crippen molar-refractivity contribution in [1.82, 2.24) is 0 Å². The van der Waals surface area contributed by atoms with Gasteiger partial charge >= 0.3 is 0 Å². The molecule has 0 aliphatic heterocycles. The maximum absolute atomic E-state index is 13.3. The summed E-state index contributed by atoms with van der Waals surface area (Å²) in [7, 11) is 0. The van der Waals surface area contributed by atoms with Crippen LogP contribution in [0, 0.1) is 15.9 Å². The van der Waals surface area contributed by atoms with Crippen LogP contribution in [0.2, 0.25) is 5.02 Å². The third-order valence-corrected chi connectivity index (χ3v) is 3.06. The Bertz CT molecular complexity index is 672. The largest absolute Gasteiger partial charge is 0.389 e. The van der Waals surface area contributed by atoms with E-state index in [0.717, 1.165) is 6.07 Å². The fourth-order valence-corrected chi connectivity index (χ4v) is 2.07. The number of nitrogens with zero attached hydrogens (tertiary/aromatic N) is 1. The van der Waals surface area contributed by atoms with E-state index < -0.39 is 16.8 Å². The van der Waals surface area contributed by atoms with Crippen LogP contribution in [0.3, 0.4) is 0 Å². The summed E-state index contributed by atoms with van der Waals surface area (Å²) >= 11 is 5.74. The predicted octanol–water partition coefficient (Wildman–Crippen LogP) is 4.18. The first-order chi connectivity index (χ1) is 9.86. The van der Waals surface area contributed by atoms with E-state index in [4.69, 9.17) is 11.6 Å². The number of nitrogens with one attached hydrogen (secondary N) is 1. The summed E-state index contributed by atoms with van der Waals surface area (Å²) in [5, 5.41) is 23.5. The average Bonchev–Trinajstić information content (AvgIpc) is 2.37. The minimum atomic E-state index is -0.818. The predicted molar refractivity (Wildman–Crippen MR) is 78.4 cm³/mol. The molecule has 0 saturated heterocycles. The molecule has 0 aliphatic carbocycles. The molecule has 0 saturated carbocycles. The summed E-state index contributed by atoms with van der Waals surface area (Å²) in [5.74, 6) is -0.548. The lowest BCUT2D eigenvalue weighted by atomic mass is 10.1. The van der Waals surface area contributed by atoms with Gasteiger partial charge in [-0.1, -0.05) is 17.7 Å². The smallest absolute Gasteiger partial charge is 0.293 e.